The van der Waals surface area contributed by atoms with E-state index >= 15 is 0 Å². The number of carboxylic acid groups (broad SMARTS) is 1. The van der Waals surface area contributed by atoms with Gasteiger partial charge in [-0.15, -0.1) is 11.3 Å². The Balaban J connectivity index is 1.84. The van der Waals surface area contributed by atoms with E-state index in [0.717, 1.165) is 5.56 Å². The van der Waals surface area contributed by atoms with Gasteiger partial charge in [-0.3, -0.25) is 9.59 Å². The summed E-state index contributed by atoms with van der Waals surface area (Å²) in [6, 6.07) is 11.0. The van der Waals surface area contributed by atoms with Gasteiger partial charge in [-0.2, -0.15) is 0 Å². The van der Waals surface area contributed by atoms with Crippen LogP contribution in [0.5, 0.6) is 0 Å². The summed E-state index contributed by atoms with van der Waals surface area (Å²) in [7, 11) is 0. The number of carbonyl (C=O) groups is 2. The molecule has 0 spiro atoms. The highest BCUT2D eigenvalue weighted by Gasteiger charge is 2.23. The normalized spacial score (nSPS) is 11.8. The summed E-state index contributed by atoms with van der Waals surface area (Å²) in [5.41, 5.74) is 1.35. The van der Waals surface area contributed by atoms with E-state index in [1.54, 1.807) is 29.6 Å². The Morgan fingerprint density at radius 3 is 2.54 bits per heavy atom. The molecule has 2 aromatic carbocycles. The Hall–Kier alpha value is -2.12. The lowest BCUT2D eigenvalue weighted by Gasteiger charge is -2.18. The van der Waals surface area contributed by atoms with Crippen LogP contribution in [0.2, 0.25) is 15.1 Å². The van der Waals surface area contributed by atoms with Gasteiger partial charge in [-0.05, 0) is 23.8 Å². The molecule has 0 aliphatic carbocycles. The number of hydrogen-bond donors (Lipinski definition) is 2. The van der Waals surface area contributed by atoms with Gasteiger partial charge in [-0.1, -0.05) is 59.1 Å². The first kappa shape index (κ1) is 20.6. The van der Waals surface area contributed by atoms with Gasteiger partial charge in [0.25, 0.3) is 5.91 Å². The van der Waals surface area contributed by atoms with Crippen molar-refractivity contribution in [2.24, 2.45) is 0 Å². The monoisotopic (exact) mass is 454 g/mol. The average molecular weight is 456 g/mol. The number of thiazole rings is 1. The largest absolute Gasteiger partial charge is 0.481 e. The van der Waals surface area contributed by atoms with Crippen LogP contribution in [0, 0.1) is 0 Å². The summed E-state index contributed by atoms with van der Waals surface area (Å²) in [5, 5.41) is 15.3. The van der Waals surface area contributed by atoms with Crippen LogP contribution in [0.15, 0.2) is 47.8 Å². The molecule has 0 aliphatic heterocycles. The van der Waals surface area contributed by atoms with Crippen LogP contribution in [-0.2, 0) is 4.79 Å². The standard InChI is InChI=1S/C19H13Cl3N2O3S/c20-10-5-6-11(14(22)7-10)15(8-17(25)26)23-18(27)16-9-28-19(24-16)12-3-1-2-4-13(12)21/h1-7,9,15H,8H2,(H,23,27)(H,25,26)/t15-/m0/s1. The molecule has 144 valence electrons. The van der Waals surface area contributed by atoms with Gasteiger partial charge < -0.3 is 10.4 Å². The van der Waals surface area contributed by atoms with Gasteiger partial charge in [0.1, 0.15) is 10.7 Å². The minimum atomic E-state index is -1.08. The van der Waals surface area contributed by atoms with Crippen molar-refractivity contribution in [3.05, 3.63) is 74.2 Å². The molecule has 0 fully saturated rings. The minimum absolute atomic E-state index is 0.167. The van der Waals surface area contributed by atoms with E-state index in [9.17, 15) is 14.7 Å². The first-order valence-corrected chi connectivity index (χ1v) is 10.0. The number of carbonyl (C=O) groups excluding carboxylic acids is 1. The molecule has 0 bridgehead atoms. The highest BCUT2D eigenvalue weighted by Crippen LogP contribution is 2.31. The molecule has 0 unspecified atom stereocenters. The summed E-state index contributed by atoms with van der Waals surface area (Å²) < 4.78 is 0. The van der Waals surface area contributed by atoms with Crippen molar-refractivity contribution >= 4 is 58.0 Å². The summed E-state index contributed by atoms with van der Waals surface area (Å²) in [6.07, 6.45) is -0.339. The van der Waals surface area contributed by atoms with E-state index in [4.69, 9.17) is 34.8 Å². The molecule has 3 aromatic rings. The lowest BCUT2D eigenvalue weighted by Crippen LogP contribution is -2.30. The molecule has 1 heterocycles. The first-order valence-electron chi connectivity index (χ1n) is 8.03. The summed E-state index contributed by atoms with van der Waals surface area (Å²) in [5.74, 6) is -1.59. The van der Waals surface area contributed by atoms with Crippen LogP contribution in [0.25, 0.3) is 10.6 Å². The fourth-order valence-electron chi connectivity index (χ4n) is 2.57. The maximum absolute atomic E-state index is 12.7. The maximum Gasteiger partial charge on any atom is 0.305 e. The number of amides is 1. The van der Waals surface area contributed by atoms with E-state index in [0.29, 0.717) is 20.6 Å². The molecule has 0 aliphatic rings. The van der Waals surface area contributed by atoms with E-state index in [-0.39, 0.29) is 17.1 Å². The Morgan fingerprint density at radius 2 is 1.86 bits per heavy atom. The minimum Gasteiger partial charge on any atom is -0.481 e. The highest BCUT2D eigenvalue weighted by molar-refractivity contribution is 7.13. The molecule has 28 heavy (non-hydrogen) atoms. The lowest BCUT2D eigenvalue weighted by molar-refractivity contribution is -0.137. The van der Waals surface area contributed by atoms with Gasteiger partial charge in [0.2, 0.25) is 0 Å². The molecular formula is C19H13Cl3N2O3S. The Morgan fingerprint density at radius 1 is 1.11 bits per heavy atom. The molecule has 0 saturated heterocycles. The second kappa shape index (κ2) is 8.92. The van der Waals surface area contributed by atoms with Crippen LogP contribution >= 0.6 is 46.1 Å². The van der Waals surface area contributed by atoms with Crippen LogP contribution in [0.1, 0.15) is 28.5 Å². The maximum atomic E-state index is 12.7. The molecular weight excluding hydrogens is 443 g/mol. The summed E-state index contributed by atoms with van der Waals surface area (Å²) >= 11 is 19.5. The molecule has 1 amide bonds. The van der Waals surface area contributed by atoms with E-state index < -0.39 is 17.9 Å². The van der Waals surface area contributed by atoms with Crippen molar-refractivity contribution in [1.82, 2.24) is 10.3 Å². The van der Waals surface area contributed by atoms with Crippen molar-refractivity contribution in [1.29, 1.82) is 0 Å². The predicted octanol–water partition coefficient (Wildman–Crippen LogP) is 5.72. The van der Waals surface area contributed by atoms with Gasteiger partial charge in [0.05, 0.1) is 17.5 Å². The number of aromatic nitrogens is 1. The lowest BCUT2D eigenvalue weighted by atomic mass is 10.0. The zero-order chi connectivity index (χ0) is 20.3. The number of rotatable bonds is 6. The third-order valence-corrected chi connectivity index (χ3v) is 5.63. The van der Waals surface area contributed by atoms with Crippen molar-refractivity contribution in [3.8, 4) is 10.6 Å². The number of aliphatic carboxylic acids is 1. The third kappa shape index (κ3) is 4.83. The molecule has 1 atom stereocenters. The van der Waals surface area contributed by atoms with Crippen molar-refractivity contribution < 1.29 is 14.7 Å². The fraction of sp³-hybridized carbons (Fsp3) is 0.105. The average Bonchev–Trinajstić information content (AvgIpc) is 3.11. The van der Waals surface area contributed by atoms with Crippen molar-refractivity contribution in [2.75, 3.05) is 0 Å². The smallest absolute Gasteiger partial charge is 0.305 e. The molecule has 9 heteroatoms. The second-order valence-corrected chi connectivity index (χ2v) is 7.92. The van der Waals surface area contributed by atoms with Gasteiger partial charge in [0.15, 0.2) is 0 Å². The Kier molecular flexibility index (Phi) is 6.57. The van der Waals surface area contributed by atoms with Crippen LogP contribution in [0.4, 0.5) is 0 Å². The summed E-state index contributed by atoms with van der Waals surface area (Å²) in [6.45, 7) is 0. The topological polar surface area (TPSA) is 79.3 Å². The predicted molar refractivity (Wildman–Crippen MR) is 111 cm³/mol. The number of carboxylic acids is 1. The Bertz CT molecular complexity index is 1040. The molecule has 2 N–H and O–H groups in total. The Labute approximate surface area is 179 Å². The zero-order valence-electron chi connectivity index (χ0n) is 14.2. The number of halogens is 3. The van der Waals surface area contributed by atoms with Crippen LogP contribution < -0.4 is 5.32 Å². The quantitative estimate of drug-likeness (QED) is 0.498. The van der Waals surface area contributed by atoms with E-state index in [1.807, 2.05) is 12.1 Å². The SMILES string of the molecule is O=C(O)C[C@H](NC(=O)c1csc(-c2ccccc2Cl)n1)c1ccc(Cl)cc1Cl. The number of hydrogen-bond acceptors (Lipinski definition) is 4. The van der Waals surface area contributed by atoms with E-state index in [1.165, 1.54) is 17.4 Å². The van der Waals surface area contributed by atoms with Crippen LogP contribution in [0.3, 0.4) is 0 Å². The zero-order valence-corrected chi connectivity index (χ0v) is 17.2. The highest BCUT2D eigenvalue weighted by atomic mass is 35.5. The van der Waals surface area contributed by atoms with Gasteiger partial charge in [-0.25, -0.2) is 4.98 Å². The van der Waals surface area contributed by atoms with E-state index in [2.05, 4.69) is 10.3 Å². The van der Waals surface area contributed by atoms with Crippen LogP contribution in [-0.4, -0.2) is 22.0 Å². The third-order valence-electron chi connectivity index (χ3n) is 3.86. The van der Waals surface area contributed by atoms with Gasteiger partial charge in [0, 0.05) is 21.0 Å². The molecule has 1 aromatic heterocycles. The number of nitrogens with one attached hydrogen (secondary N) is 1. The second-order valence-electron chi connectivity index (χ2n) is 5.81. The molecule has 3 rings (SSSR count). The van der Waals surface area contributed by atoms with Crippen molar-refractivity contribution in [3.63, 3.8) is 0 Å². The van der Waals surface area contributed by atoms with Gasteiger partial charge >= 0.3 is 5.97 Å². The fourth-order valence-corrected chi connectivity index (χ4v) is 4.23. The summed E-state index contributed by atoms with van der Waals surface area (Å²) in [4.78, 5) is 28.2. The van der Waals surface area contributed by atoms with Crippen molar-refractivity contribution in [2.45, 2.75) is 12.5 Å². The molecule has 0 radical (unpaired) electrons. The molecule has 0 saturated carbocycles. The first-order chi connectivity index (χ1) is 13.3. The number of benzene rings is 2. The number of nitrogens with zero attached hydrogens (tertiary/aromatic N) is 1. The molecule has 5 nitrogen and oxygen atoms in total.